The number of nitrogens with one attached hydrogen (secondary N) is 1. The van der Waals surface area contributed by atoms with Gasteiger partial charge in [-0.3, -0.25) is 0 Å². The fraction of sp³-hybridized carbons (Fsp3) is 0.625. The quantitative estimate of drug-likeness (QED) is 0.773. The van der Waals surface area contributed by atoms with E-state index in [9.17, 15) is 0 Å². The first-order chi connectivity index (χ1) is 5.14. The molecule has 11 heavy (non-hydrogen) atoms. The molecule has 0 spiro atoms. The summed E-state index contributed by atoms with van der Waals surface area (Å²) >= 11 is 3.48. The predicted molar refractivity (Wildman–Crippen MR) is 49.9 cm³/mol. The van der Waals surface area contributed by atoms with E-state index in [0.717, 1.165) is 11.8 Å². The smallest absolute Gasteiger partial charge is 0.0921 e. The third-order valence-corrected chi connectivity index (χ3v) is 3.10. The number of aromatic amines is 1. The Hall–Kier alpha value is -0.310. The normalized spacial score (nSPS) is 11.9. The van der Waals surface area contributed by atoms with Gasteiger partial charge in [0.15, 0.2) is 0 Å². The molecule has 0 saturated heterocycles. The molecule has 0 aliphatic carbocycles. The Kier molecular flexibility index (Phi) is 2.71. The summed E-state index contributed by atoms with van der Waals surface area (Å²) in [5, 5.41) is 1.01. The van der Waals surface area contributed by atoms with Gasteiger partial charge in [-0.25, -0.2) is 4.98 Å². The van der Waals surface area contributed by atoms with Crippen molar-refractivity contribution in [1.82, 2.24) is 9.97 Å². The minimum absolute atomic E-state index is 0.312. The van der Waals surface area contributed by atoms with Crippen molar-refractivity contribution in [3.05, 3.63) is 18.2 Å². The molecule has 3 heteroatoms. The number of hydrogen-bond acceptors (Lipinski definition) is 1. The molecule has 0 radical (unpaired) electrons. The molecule has 1 heterocycles. The largest absolute Gasteiger partial charge is 0.348 e. The van der Waals surface area contributed by atoms with Gasteiger partial charge in [0.2, 0.25) is 0 Å². The van der Waals surface area contributed by atoms with Gasteiger partial charge in [-0.1, -0.05) is 29.8 Å². The van der Waals surface area contributed by atoms with Gasteiger partial charge in [0.25, 0.3) is 0 Å². The zero-order valence-electron chi connectivity index (χ0n) is 6.89. The number of hydrogen-bond donors (Lipinski definition) is 1. The highest BCUT2D eigenvalue weighted by Gasteiger charge is 2.16. The van der Waals surface area contributed by atoms with Gasteiger partial charge in [-0.05, 0) is 11.8 Å². The molecule has 0 saturated carbocycles. The maximum atomic E-state index is 3.97. The van der Waals surface area contributed by atoms with Gasteiger partial charge in [0, 0.05) is 17.2 Å². The van der Waals surface area contributed by atoms with Crippen molar-refractivity contribution in [2.45, 2.75) is 20.3 Å². The monoisotopic (exact) mass is 216 g/mol. The lowest BCUT2D eigenvalue weighted by Gasteiger charge is -2.19. The van der Waals surface area contributed by atoms with Crippen molar-refractivity contribution in [2.24, 2.45) is 5.41 Å². The number of nitrogens with zero attached hydrogens (tertiary/aromatic N) is 1. The number of rotatable bonds is 3. The average Bonchev–Trinajstić information content (AvgIpc) is 2.39. The van der Waals surface area contributed by atoms with E-state index >= 15 is 0 Å². The van der Waals surface area contributed by atoms with Gasteiger partial charge >= 0.3 is 0 Å². The molecule has 0 aromatic carbocycles. The molecule has 2 nitrogen and oxygen atoms in total. The Balaban J connectivity index is 2.56. The number of halogens is 1. The third kappa shape index (κ3) is 2.66. The average molecular weight is 217 g/mol. The first kappa shape index (κ1) is 8.78. The van der Waals surface area contributed by atoms with E-state index < -0.39 is 0 Å². The summed E-state index contributed by atoms with van der Waals surface area (Å²) in [5.41, 5.74) is 1.52. The zero-order chi connectivity index (χ0) is 8.32. The molecule has 0 aliphatic heterocycles. The molecule has 0 fully saturated rings. The highest BCUT2D eigenvalue weighted by atomic mass is 79.9. The maximum Gasteiger partial charge on any atom is 0.0921 e. The molecule has 1 aromatic rings. The lowest BCUT2D eigenvalue weighted by atomic mass is 9.91. The van der Waals surface area contributed by atoms with Gasteiger partial charge < -0.3 is 4.98 Å². The Morgan fingerprint density at radius 1 is 1.64 bits per heavy atom. The van der Waals surface area contributed by atoms with E-state index in [1.807, 2.05) is 6.20 Å². The van der Waals surface area contributed by atoms with Crippen LogP contribution < -0.4 is 0 Å². The second-order valence-electron chi connectivity index (χ2n) is 3.55. The summed E-state index contributed by atoms with van der Waals surface area (Å²) in [5.74, 6) is 0. The summed E-state index contributed by atoms with van der Waals surface area (Å²) in [6.45, 7) is 4.45. The molecule has 1 N–H and O–H groups in total. The molecule has 0 aliphatic rings. The molecule has 0 atom stereocenters. The lowest BCUT2D eigenvalue weighted by molar-refractivity contribution is 0.420. The SMILES string of the molecule is CC(C)(CBr)Cc1cnc[nH]1. The van der Waals surface area contributed by atoms with Gasteiger partial charge in [-0.15, -0.1) is 0 Å². The third-order valence-electron chi connectivity index (χ3n) is 1.59. The van der Waals surface area contributed by atoms with E-state index in [-0.39, 0.29) is 0 Å². The van der Waals surface area contributed by atoms with Gasteiger partial charge in [-0.2, -0.15) is 0 Å². The first-order valence-corrected chi connectivity index (χ1v) is 4.79. The highest BCUT2D eigenvalue weighted by Crippen LogP contribution is 2.22. The summed E-state index contributed by atoms with van der Waals surface area (Å²) in [6, 6.07) is 0. The number of imidazole rings is 1. The van der Waals surface area contributed by atoms with Crippen LogP contribution >= 0.6 is 15.9 Å². The summed E-state index contributed by atoms with van der Waals surface area (Å²) in [6.07, 6.45) is 4.64. The predicted octanol–water partition coefficient (Wildman–Crippen LogP) is 2.37. The molecule has 62 valence electrons. The topological polar surface area (TPSA) is 28.7 Å². The van der Waals surface area contributed by atoms with Crippen LogP contribution in [0.4, 0.5) is 0 Å². The molecule has 0 bridgehead atoms. The Morgan fingerprint density at radius 2 is 2.36 bits per heavy atom. The molecular weight excluding hydrogens is 204 g/mol. The molecule has 0 unspecified atom stereocenters. The van der Waals surface area contributed by atoms with Crippen molar-refractivity contribution in [1.29, 1.82) is 0 Å². The fourth-order valence-electron chi connectivity index (χ4n) is 0.944. The lowest BCUT2D eigenvalue weighted by Crippen LogP contribution is -2.16. The highest BCUT2D eigenvalue weighted by molar-refractivity contribution is 9.09. The number of aromatic nitrogens is 2. The van der Waals surface area contributed by atoms with Crippen LogP contribution in [0.2, 0.25) is 0 Å². The van der Waals surface area contributed by atoms with E-state index in [2.05, 4.69) is 39.7 Å². The number of alkyl halides is 1. The molecular formula is C8H13BrN2. The first-order valence-electron chi connectivity index (χ1n) is 3.67. The van der Waals surface area contributed by atoms with Crippen molar-refractivity contribution in [3.8, 4) is 0 Å². The maximum absolute atomic E-state index is 3.97. The molecule has 1 rings (SSSR count). The Morgan fingerprint density at radius 3 is 2.82 bits per heavy atom. The van der Waals surface area contributed by atoms with Gasteiger partial charge in [0.05, 0.1) is 6.33 Å². The minimum Gasteiger partial charge on any atom is -0.348 e. The Bertz CT molecular complexity index is 204. The Labute approximate surface area is 75.6 Å². The second-order valence-corrected chi connectivity index (χ2v) is 4.11. The fourth-order valence-corrected chi connectivity index (χ4v) is 1.14. The van der Waals surface area contributed by atoms with Crippen LogP contribution in [0.1, 0.15) is 19.5 Å². The minimum atomic E-state index is 0.312. The van der Waals surface area contributed by atoms with E-state index in [1.165, 1.54) is 5.69 Å². The van der Waals surface area contributed by atoms with E-state index in [0.29, 0.717) is 5.41 Å². The van der Waals surface area contributed by atoms with Crippen molar-refractivity contribution < 1.29 is 0 Å². The second kappa shape index (κ2) is 3.39. The van der Waals surface area contributed by atoms with Crippen LogP contribution in [0.25, 0.3) is 0 Å². The van der Waals surface area contributed by atoms with Crippen LogP contribution in [0.5, 0.6) is 0 Å². The van der Waals surface area contributed by atoms with E-state index in [4.69, 9.17) is 0 Å². The number of H-pyrrole nitrogens is 1. The van der Waals surface area contributed by atoms with Crippen LogP contribution in [-0.2, 0) is 6.42 Å². The summed E-state index contributed by atoms with van der Waals surface area (Å²) in [4.78, 5) is 7.07. The van der Waals surface area contributed by atoms with Crippen molar-refractivity contribution in [2.75, 3.05) is 5.33 Å². The van der Waals surface area contributed by atoms with Gasteiger partial charge in [0.1, 0.15) is 0 Å². The van der Waals surface area contributed by atoms with Crippen molar-refractivity contribution >= 4 is 15.9 Å². The van der Waals surface area contributed by atoms with Crippen LogP contribution in [-0.4, -0.2) is 15.3 Å². The van der Waals surface area contributed by atoms with Crippen LogP contribution in [0.15, 0.2) is 12.5 Å². The molecule has 1 aromatic heterocycles. The van der Waals surface area contributed by atoms with Crippen LogP contribution in [0.3, 0.4) is 0 Å². The standard InChI is InChI=1S/C8H13BrN2/c1-8(2,5-9)3-7-4-10-6-11-7/h4,6H,3,5H2,1-2H3,(H,10,11). The summed E-state index contributed by atoms with van der Waals surface area (Å²) in [7, 11) is 0. The summed E-state index contributed by atoms with van der Waals surface area (Å²) < 4.78 is 0. The van der Waals surface area contributed by atoms with Crippen LogP contribution in [0, 0.1) is 5.41 Å². The van der Waals surface area contributed by atoms with E-state index in [1.54, 1.807) is 6.33 Å². The molecule has 0 amide bonds. The zero-order valence-corrected chi connectivity index (χ0v) is 8.48. The van der Waals surface area contributed by atoms with Crippen molar-refractivity contribution in [3.63, 3.8) is 0 Å².